The van der Waals surface area contributed by atoms with E-state index in [1.54, 1.807) is 35.6 Å². The van der Waals surface area contributed by atoms with E-state index in [1.807, 2.05) is 19.1 Å². The molecular weight excluding hydrogens is 436 g/mol. The minimum absolute atomic E-state index is 0.0185. The Morgan fingerprint density at radius 2 is 1.88 bits per heavy atom. The Kier molecular flexibility index (Phi) is 11.7. The molecule has 1 amide bonds. The number of aromatic nitrogens is 2. The van der Waals surface area contributed by atoms with Gasteiger partial charge in [0, 0.05) is 20.1 Å². The van der Waals surface area contributed by atoms with Crippen molar-refractivity contribution in [2.24, 2.45) is 5.73 Å². The molecule has 0 aliphatic rings. The second-order valence-corrected chi connectivity index (χ2v) is 8.21. The highest BCUT2D eigenvalue weighted by atomic mass is 16.5. The highest BCUT2D eigenvalue weighted by Gasteiger charge is 2.26. The Hall–Kier alpha value is -2.78. The van der Waals surface area contributed by atoms with E-state index in [0.29, 0.717) is 43.0 Å². The molecular formula is C25H38N4O5. The molecule has 1 heterocycles. The van der Waals surface area contributed by atoms with Gasteiger partial charge in [-0.1, -0.05) is 25.0 Å². The molecule has 1 unspecified atom stereocenters. The number of rotatable bonds is 15. The van der Waals surface area contributed by atoms with E-state index in [1.165, 1.54) is 0 Å². The van der Waals surface area contributed by atoms with Crippen LogP contribution in [0.2, 0.25) is 0 Å². The van der Waals surface area contributed by atoms with Crippen LogP contribution in [0.1, 0.15) is 64.2 Å². The highest BCUT2D eigenvalue weighted by Crippen LogP contribution is 2.22. The summed E-state index contributed by atoms with van der Waals surface area (Å²) >= 11 is 0. The van der Waals surface area contributed by atoms with Crippen molar-refractivity contribution in [2.75, 3.05) is 33.4 Å². The van der Waals surface area contributed by atoms with Gasteiger partial charge in [0.1, 0.15) is 5.82 Å². The van der Waals surface area contributed by atoms with Gasteiger partial charge < -0.3 is 20.1 Å². The van der Waals surface area contributed by atoms with Crippen molar-refractivity contribution < 1.29 is 19.1 Å². The predicted molar refractivity (Wildman–Crippen MR) is 131 cm³/mol. The molecule has 1 atom stereocenters. The number of unbranched alkanes of at least 4 members (excludes halogenated alkanes) is 3. The summed E-state index contributed by atoms with van der Waals surface area (Å²) < 4.78 is 11.8. The lowest BCUT2D eigenvalue weighted by Gasteiger charge is -2.31. The summed E-state index contributed by atoms with van der Waals surface area (Å²) in [6, 6.07) is 6.73. The van der Waals surface area contributed by atoms with Gasteiger partial charge in [0.25, 0.3) is 5.56 Å². The van der Waals surface area contributed by atoms with E-state index in [-0.39, 0.29) is 30.9 Å². The molecule has 0 aliphatic carbocycles. The molecule has 188 valence electrons. The van der Waals surface area contributed by atoms with Crippen LogP contribution in [0.25, 0.3) is 10.9 Å². The van der Waals surface area contributed by atoms with E-state index in [9.17, 15) is 14.4 Å². The van der Waals surface area contributed by atoms with Gasteiger partial charge in [-0.15, -0.1) is 0 Å². The number of carbonyl (C=O) groups excluding carboxylic acids is 2. The lowest BCUT2D eigenvalue weighted by molar-refractivity contribution is -0.146. The molecule has 1 aromatic heterocycles. The molecule has 1 aromatic carbocycles. The standard InChI is InChI=1S/C25H38N4O5/c1-4-34-23(31)14-13-22(30)28(16-10-6-5-9-15-26)19(2)24-27-21-12-8-7-11-20(21)25(32)29(24)17-18-33-3/h7-8,11-12,19H,4-6,9-10,13-18,26H2,1-3H3. The van der Waals surface area contributed by atoms with Crippen LogP contribution in [0, 0.1) is 0 Å². The second kappa shape index (κ2) is 14.5. The highest BCUT2D eigenvalue weighted by molar-refractivity contribution is 5.82. The topological polar surface area (TPSA) is 117 Å². The Bertz CT molecular complexity index is 991. The summed E-state index contributed by atoms with van der Waals surface area (Å²) in [5, 5.41) is 0.525. The first kappa shape index (κ1) is 27.5. The largest absolute Gasteiger partial charge is 0.466 e. The van der Waals surface area contributed by atoms with Gasteiger partial charge >= 0.3 is 5.97 Å². The Morgan fingerprint density at radius 1 is 1.15 bits per heavy atom. The Morgan fingerprint density at radius 3 is 2.59 bits per heavy atom. The minimum Gasteiger partial charge on any atom is -0.466 e. The van der Waals surface area contributed by atoms with Crippen molar-refractivity contribution in [2.45, 2.75) is 65.0 Å². The molecule has 2 aromatic rings. The van der Waals surface area contributed by atoms with Gasteiger partial charge in [0.2, 0.25) is 5.91 Å². The molecule has 0 spiro atoms. The Balaban J connectivity index is 2.37. The number of methoxy groups -OCH3 is 1. The van der Waals surface area contributed by atoms with Crippen LogP contribution in [0.15, 0.2) is 29.1 Å². The molecule has 9 nitrogen and oxygen atoms in total. The van der Waals surface area contributed by atoms with Crippen LogP contribution in [0.4, 0.5) is 0 Å². The van der Waals surface area contributed by atoms with E-state index < -0.39 is 12.0 Å². The number of fused-ring (bicyclic) bond motifs is 1. The lowest BCUT2D eigenvalue weighted by atomic mass is 10.1. The van der Waals surface area contributed by atoms with E-state index in [2.05, 4.69) is 0 Å². The summed E-state index contributed by atoms with van der Waals surface area (Å²) in [4.78, 5) is 44.8. The first-order chi connectivity index (χ1) is 16.4. The quantitative estimate of drug-likeness (QED) is 0.312. The number of benzene rings is 1. The van der Waals surface area contributed by atoms with Crippen LogP contribution < -0.4 is 11.3 Å². The zero-order chi connectivity index (χ0) is 24.9. The monoisotopic (exact) mass is 474 g/mol. The molecule has 9 heteroatoms. The van der Waals surface area contributed by atoms with Crippen molar-refractivity contribution >= 4 is 22.8 Å². The maximum atomic E-state index is 13.3. The van der Waals surface area contributed by atoms with Gasteiger partial charge in [-0.25, -0.2) is 4.98 Å². The van der Waals surface area contributed by atoms with Gasteiger partial charge in [-0.2, -0.15) is 0 Å². The molecule has 2 N–H and O–H groups in total. The molecule has 0 bridgehead atoms. The third-order valence-electron chi connectivity index (χ3n) is 5.77. The van der Waals surface area contributed by atoms with Crippen molar-refractivity contribution in [3.63, 3.8) is 0 Å². The summed E-state index contributed by atoms with van der Waals surface area (Å²) in [5.41, 5.74) is 6.02. The van der Waals surface area contributed by atoms with Crippen molar-refractivity contribution in [1.29, 1.82) is 0 Å². The second-order valence-electron chi connectivity index (χ2n) is 8.21. The number of amides is 1. The summed E-state index contributed by atoms with van der Waals surface area (Å²) in [5.74, 6) is -0.0560. The number of carbonyl (C=O) groups is 2. The van der Waals surface area contributed by atoms with Crippen molar-refractivity contribution in [1.82, 2.24) is 14.5 Å². The fourth-order valence-corrected chi connectivity index (χ4v) is 3.94. The summed E-state index contributed by atoms with van der Waals surface area (Å²) in [7, 11) is 1.58. The van der Waals surface area contributed by atoms with Crippen molar-refractivity contribution in [3.8, 4) is 0 Å². The maximum Gasteiger partial charge on any atom is 0.306 e. The first-order valence-electron chi connectivity index (χ1n) is 12.1. The summed E-state index contributed by atoms with van der Waals surface area (Å²) in [6.07, 6.45) is 3.72. The maximum absolute atomic E-state index is 13.3. The van der Waals surface area contributed by atoms with E-state index in [0.717, 1.165) is 25.7 Å². The molecule has 0 saturated heterocycles. The number of esters is 1. The predicted octanol–water partition coefficient (Wildman–Crippen LogP) is 2.79. The molecule has 0 fully saturated rings. The van der Waals surface area contributed by atoms with Crippen molar-refractivity contribution in [3.05, 3.63) is 40.4 Å². The van der Waals surface area contributed by atoms with Gasteiger partial charge in [-0.05, 0) is 45.4 Å². The molecule has 0 saturated carbocycles. The molecule has 2 rings (SSSR count). The zero-order valence-corrected chi connectivity index (χ0v) is 20.6. The third-order valence-corrected chi connectivity index (χ3v) is 5.77. The van der Waals surface area contributed by atoms with Crippen LogP contribution in [-0.2, 0) is 25.6 Å². The van der Waals surface area contributed by atoms with Crippen LogP contribution in [0.3, 0.4) is 0 Å². The van der Waals surface area contributed by atoms with Crippen LogP contribution >= 0.6 is 0 Å². The zero-order valence-electron chi connectivity index (χ0n) is 20.6. The average Bonchev–Trinajstić information content (AvgIpc) is 2.84. The molecule has 0 radical (unpaired) electrons. The number of para-hydroxylation sites is 1. The first-order valence-corrected chi connectivity index (χ1v) is 12.1. The fourth-order valence-electron chi connectivity index (χ4n) is 3.94. The van der Waals surface area contributed by atoms with Crippen LogP contribution in [0.5, 0.6) is 0 Å². The smallest absolute Gasteiger partial charge is 0.306 e. The average molecular weight is 475 g/mol. The normalized spacial score (nSPS) is 12.0. The van der Waals surface area contributed by atoms with E-state index >= 15 is 0 Å². The van der Waals surface area contributed by atoms with Gasteiger partial charge in [0.15, 0.2) is 0 Å². The molecule has 0 aliphatic heterocycles. The van der Waals surface area contributed by atoms with E-state index in [4.69, 9.17) is 20.2 Å². The number of hydrogen-bond donors (Lipinski definition) is 1. The number of nitrogens with two attached hydrogens (primary N) is 1. The fraction of sp³-hybridized carbons (Fsp3) is 0.600. The van der Waals surface area contributed by atoms with Gasteiger partial charge in [-0.3, -0.25) is 19.0 Å². The number of nitrogens with zero attached hydrogens (tertiary/aromatic N) is 3. The number of hydrogen-bond acceptors (Lipinski definition) is 7. The SMILES string of the molecule is CCOC(=O)CCC(=O)N(CCCCCCN)C(C)c1nc2ccccc2c(=O)n1CCOC. The summed E-state index contributed by atoms with van der Waals surface area (Å²) in [6.45, 7) is 5.71. The minimum atomic E-state index is -0.460. The lowest BCUT2D eigenvalue weighted by Crippen LogP contribution is -2.39. The third kappa shape index (κ3) is 7.63. The van der Waals surface area contributed by atoms with Gasteiger partial charge in [0.05, 0.1) is 43.1 Å². The molecule has 34 heavy (non-hydrogen) atoms. The number of ether oxygens (including phenoxy) is 2. The van der Waals surface area contributed by atoms with Crippen LogP contribution in [-0.4, -0.2) is 59.7 Å². The Labute approximate surface area is 201 Å².